The molecule has 32 heavy (non-hydrogen) atoms. The van der Waals surface area contributed by atoms with E-state index in [1.165, 1.54) is 90.9 Å². The molecule has 2 rings (SSSR count). The maximum atomic E-state index is 6.57. The zero-order valence-corrected chi connectivity index (χ0v) is 22.0. The Morgan fingerprint density at radius 3 is 1.88 bits per heavy atom. The summed E-state index contributed by atoms with van der Waals surface area (Å²) in [6.45, 7) is 22.4. The molecule has 2 aliphatic heterocycles. The fourth-order valence-corrected chi connectivity index (χ4v) is 5.80. The average Bonchev–Trinajstić information content (AvgIpc) is 2.80. The summed E-state index contributed by atoms with van der Waals surface area (Å²) in [6, 6.07) is 1.05. The highest BCUT2D eigenvalue weighted by molar-refractivity contribution is 4.89. The van der Waals surface area contributed by atoms with Crippen LogP contribution in [0.15, 0.2) is 0 Å². The summed E-state index contributed by atoms with van der Waals surface area (Å²) in [6.07, 6.45) is 10.3. The average molecular weight is 453 g/mol. The van der Waals surface area contributed by atoms with Crippen LogP contribution in [0.3, 0.4) is 0 Å². The van der Waals surface area contributed by atoms with Crippen LogP contribution in [-0.4, -0.2) is 110 Å². The lowest BCUT2D eigenvalue weighted by Crippen LogP contribution is -2.61. The molecule has 6 heteroatoms. The second-order valence-electron chi connectivity index (χ2n) is 10.2. The van der Waals surface area contributed by atoms with Crippen LogP contribution in [0, 0.1) is 0 Å². The van der Waals surface area contributed by atoms with Crippen molar-refractivity contribution in [1.82, 2.24) is 24.9 Å². The van der Waals surface area contributed by atoms with Gasteiger partial charge in [-0.05, 0) is 90.6 Å². The maximum Gasteiger partial charge on any atom is 0.0640 e. The Hall–Kier alpha value is -0.240. The third-order valence-electron chi connectivity index (χ3n) is 7.42. The molecule has 0 aliphatic carbocycles. The van der Waals surface area contributed by atoms with E-state index in [9.17, 15) is 0 Å². The third-order valence-corrected chi connectivity index (χ3v) is 7.42. The third kappa shape index (κ3) is 9.55. The van der Waals surface area contributed by atoms with Gasteiger partial charge in [0, 0.05) is 44.8 Å². The van der Waals surface area contributed by atoms with Crippen LogP contribution in [0.1, 0.15) is 79.1 Å². The van der Waals surface area contributed by atoms with Crippen molar-refractivity contribution >= 4 is 0 Å². The molecule has 2 heterocycles. The van der Waals surface area contributed by atoms with Gasteiger partial charge in [0.25, 0.3) is 0 Å². The molecule has 2 fully saturated rings. The smallest absolute Gasteiger partial charge is 0.0640 e. The topological polar surface area (TPSA) is 51.0 Å². The zero-order chi connectivity index (χ0) is 23.2. The van der Waals surface area contributed by atoms with Gasteiger partial charge in [-0.3, -0.25) is 9.80 Å². The minimum atomic E-state index is 0.352. The van der Waals surface area contributed by atoms with E-state index in [1.807, 2.05) is 0 Å². The first-order chi connectivity index (χ1) is 15.6. The molecule has 0 bridgehead atoms. The van der Waals surface area contributed by atoms with Crippen LogP contribution in [0.2, 0.25) is 0 Å². The van der Waals surface area contributed by atoms with Crippen molar-refractivity contribution in [3.63, 3.8) is 0 Å². The molecule has 0 aromatic carbocycles. The molecule has 2 saturated heterocycles. The Morgan fingerprint density at radius 1 is 0.750 bits per heavy atom. The molecule has 2 atom stereocenters. The SMILES string of the molecule is CCCN(CCC)CCN1CCC(N)CC1N(CCN(CCC)CCC)C1CCNCC1. The number of nitrogens with zero attached hydrogens (tertiary/aromatic N) is 4. The highest BCUT2D eigenvalue weighted by Gasteiger charge is 2.35. The van der Waals surface area contributed by atoms with E-state index in [4.69, 9.17) is 5.73 Å². The fraction of sp³-hybridized carbons (Fsp3) is 1.00. The Balaban J connectivity index is 2.10. The first-order valence-corrected chi connectivity index (χ1v) is 14.0. The van der Waals surface area contributed by atoms with Crippen LogP contribution in [0.5, 0.6) is 0 Å². The van der Waals surface area contributed by atoms with E-state index in [0.717, 1.165) is 32.5 Å². The van der Waals surface area contributed by atoms with E-state index >= 15 is 0 Å². The molecular formula is C26H56N6. The standard InChI is InChI=1S/C26H56N6/c1-5-14-29(15-6-2)19-21-31-18-11-24(27)23-26(31)32(25-9-12-28-13-10-25)22-20-30(16-7-3)17-8-4/h24-26,28H,5-23,27H2,1-4H3. The van der Waals surface area contributed by atoms with Crippen LogP contribution < -0.4 is 11.1 Å². The monoisotopic (exact) mass is 452 g/mol. The number of nitrogens with two attached hydrogens (primary N) is 1. The van der Waals surface area contributed by atoms with Gasteiger partial charge in [-0.15, -0.1) is 0 Å². The van der Waals surface area contributed by atoms with Crippen molar-refractivity contribution in [2.24, 2.45) is 5.73 Å². The Kier molecular flexibility index (Phi) is 14.3. The maximum absolute atomic E-state index is 6.57. The molecule has 0 amide bonds. The van der Waals surface area contributed by atoms with Gasteiger partial charge in [0.15, 0.2) is 0 Å². The van der Waals surface area contributed by atoms with Gasteiger partial charge in [0.05, 0.1) is 6.17 Å². The summed E-state index contributed by atoms with van der Waals surface area (Å²) in [5.74, 6) is 0. The van der Waals surface area contributed by atoms with Gasteiger partial charge in [-0.1, -0.05) is 27.7 Å². The van der Waals surface area contributed by atoms with E-state index in [-0.39, 0.29) is 0 Å². The second-order valence-corrected chi connectivity index (χ2v) is 10.2. The molecule has 190 valence electrons. The molecular weight excluding hydrogens is 396 g/mol. The Morgan fingerprint density at radius 2 is 1.31 bits per heavy atom. The van der Waals surface area contributed by atoms with Crippen molar-refractivity contribution in [2.45, 2.75) is 97.3 Å². The van der Waals surface area contributed by atoms with Crippen LogP contribution in [0.25, 0.3) is 0 Å². The van der Waals surface area contributed by atoms with Gasteiger partial charge in [-0.25, -0.2) is 0 Å². The van der Waals surface area contributed by atoms with E-state index in [2.05, 4.69) is 52.6 Å². The second kappa shape index (κ2) is 16.4. The molecule has 2 unspecified atom stereocenters. The van der Waals surface area contributed by atoms with Crippen LogP contribution in [-0.2, 0) is 0 Å². The number of likely N-dealkylation sites (tertiary alicyclic amines) is 1. The minimum absolute atomic E-state index is 0.352. The van der Waals surface area contributed by atoms with Crippen molar-refractivity contribution in [3.8, 4) is 0 Å². The minimum Gasteiger partial charge on any atom is -0.328 e. The van der Waals surface area contributed by atoms with E-state index < -0.39 is 0 Å². The fourth-order valence-electron chi connectivity index (χ4n) is 5.80. The lowest BCUT2D eigenvalue weighted by atomic mass is 9.97. The first kappa shape index (κ1) is 28.0. The number of hydrogen-bond acceptors (Lipinski definition) is 6. The molecule has 0 radical (unpaired) electrons. The predicted octanol–water partition coefficient (Wildman–Crippen LogP) is 3.03. The summed E-state index contributed by atoms with van der Waals surface area (Å²) in [7, 11) is 0. The normalized spacial score (nSPS) is 23.6. The number of nitrogens with one attached hydrogen (secondary N) is 1. The molecule has 0 saturated carbocycles. The Labute approximate surface area is 200 Å². The molecule has 2 aliphatic rings. The van der Waals surface area contributed by atoms with Crippen molar-refractivity contribution in [3.05, 3.63) is 0 Å². The molecule has 3 N–H and O–H groups in total. The zero-order valence-electron chi connectivity index (χ0n) is 22.0. The highest BCUT2D eigenvalue weighted by Crippen LogP contribution is 2.25. The van der Waals surface area contributed by atoms with Crippen molar-refractivity contribution in [1.29, 1.82) is 0 Å². The quantitative estimate of drug-likeness (QED) is 0.375. The van der Waals surface area contributed by atoms with Gasteiger partial charge in [-0.2, -0.15) is 0 Å². The highest BCUT2D eigenvalue weighted by atomic mass is 15.4. The Bertz CT molecular complexity index is 444. The van der Waals surface area contributed by atoms with Crippen LogP contribution >= 0.6 is 0 Å². The molecule has 6 nitrogen and oxygen atoms in total. The summed E-state index contributed by atoms with van der Waals surface area (Å²) in [5.41, 5.74) is 6.57. The van der Waals surface area contributed by atoms with Gasteiger partial charge >= 0.3 is 0 Å². The molecule has 0 spiro atoms. The summed E-state index contributed by atoms with van der Waals surface area (Å²) in [4.78, 5) is 11.0. The molecule has 0 aromatic rings. The number of piperidine rings is 2. The van der Waals surface area contributed by atoms with Gasteiger partial charge in [0.2, 0.25) is 0 Å². The first-order valence-electron chi connectivity index (χ1n) is 14.0. The summed E-state index contributed by atoms with van der Waals surface area (Å²) in [5, 5.41) is 3.58. The largest absolute Gasteiger partial charge is 0.328 e. The lowest BCUT2D eigenvalue weighted by Gasteiger charge is -2.49. The van der Waals surface area contributed by atoms with Gasteiger partial charge < -0.3 is 20.9 Å². The predicted molar refractivity (Wildman–Crippen MR) is 139 cm³/mol. The number of rotatable bonds is 16. The summed E-state index contributed by atoms with van der Waals surface area (Å²) < 4.78 is 0. The van der Waals surface area contributed by atoms with Crippen LogP contribution in [0.4, 0.5) is 0 Å². The van der Waals surface area contributed by atoms with Crippen molar-refractivity contribution in [2.75, 3.05) is 72.0 Å². The van der Waals surface area contributed by atoms with Crippen molar-refractivity contribution < 1.29 is 0 Å². The lowest BCUT2D eigenvalue weighted by molar-refractivity contribution is -0.0328. The van der Waals surface area contributed by atoms with E-state index in [1.54, 1.807) is 0 Å². The van der Waals surface area contributed by atoms with E-state index in [0.29, 0.717) is 18.2 Å². The van der Waals surface area contributed by atoms with Gasteiger partial charge in [0.1, 0.15) is 0 Å². The number of hydrogen-bond donors (Lipinski definition) is 2. The summed E-state index contributed by atoms with van der Waals surface area (Å²) >= 11 is 0. The molecule has 0 aromatic heterocycles.